The number of ether oxygens (including phenoxy) is 1. The summed E-state index contributed by atoms with van der Waals surface area (Å²) in [5, 5.41) is 9.09. The first-order chi connectivity index (χ1) is 13.7. The maximum atomic E-state index is 5.94. The lowest BCUT2D eigenvalue weighted by atomic mass is 10.1. The minimum absolute atomic E-state index is 0. The predicted molar refractivity (Wildman–Crippen MR) is 131 cm³/mol. The van der Waals surface area contributed by atoms with E-state index in [-0.39, 0.29) is 30.0 Å². The van der Waals surface area contributed by atoms with Crippen LogP contribution < -0.4 is 10.6 Å². The fourth-order valence-corrected chi connectivity index (χ4v) is 4.33. The Morgan fingerprint density at radius 1 is 1.21 bits per heavy atom. The smallest absolute Gasteiger partial charge is 0.191 e. The Kier molecular flexibility index (Phi) is 10.5. The third-order valence-electron chi connectivity index (χ3n) is 5.01. The molecule has 2 unspecified atom stereocenters. The van der Waals surface area contributed by atoms with Gasteiger partial charge < -0.3 is 19.8 Å². The number of aliphatic imine (C=N–C) groups is 1. The first kappa shape index (κ1) is 24.2. The molecule has 3 heterocycles. The van der Waals surface area contributed by atoms with Gasteiger partial charge in [0.25, 0.3) is 0 Å². The largest absolute Gasteiger partial charge is 0.465 e. The van der Waals surface area contributed by atoms with E-state index in [2.05, 4.69) is 51.0 Å². The third kappa shape index (κ3) is 7.58. The number of thiophene rings is 1. The van der Waals surface area contributed by atoms with Gasteiger partial charge in [-0.05, 0) is 42.8 Å². The van der Waals surface area contributed by atoms with E-state index >= 15 is 0 Å². The molecule has 162 valence electrons. The van der Waals surface area contributed by atoms with Crippen LogP contribution in [0, 0.1) is 12.8 Å². The number of hydrogen-bond donors (Lipinski definition) is 2. The van der Waals surface area contributed by atoms with Crippen molar-refractivity contribution in [3.63, 3.8) is 0 Å². The first-order valence-electron chi connectivity index (χ1n) is 10.0. The van der Waals surface area contributed by atoms with E-state index in [0.29, 0.717) is 5.92 Å². The Balaban J connectivity index is 0.00000300. The molecule has 2 aromatic rings. The summed E-state index contributed by atoms with van der Waals surface area (Å²) in [6.07, 6.45) is 1.09. The van der Waals surface area contributed by atoms with Crippen molar-refractivity contribution < 1.29 is 9.15 Å². The summed E-state index contributed by atoms with van der Waals surface area (Å²) in [4.78, 5) is 8.24. The monoisotopic (exact) mass is 532 g/mol. The number of nitrogens with zero attached hydrogens (tertiary/aromatic N) is 2. The normalized spacial score (nSPS) is 17.4. The molecule has 0 saturated carbocycles. The fourth-order valence-electron chi connectivity index (χ4n) is 3.46. The van der Waals surface area contributed by atoms with Crippen LogP contribution in [0.1, 0.15) is 29.4 Å². The van der Waals surface area contributed by atoms with Gasteiger partial charge in [-0.3, -0.25) is 9.89 Å². The van der Waals surface area contributed by atoms with E-state index < -0.39 is 0 Å². The number of rotatable bonds is 8. The zero-order valence-electron chi connectivity index (χ0n) is 17.5. The molecule has 0 radical (unpaired) electrons. The zero-order valence-corrected chi connectivity index (χ0v) is 20.7. The van der Waals surface area contributed by atoms with Crippen molar-refractivity contribution in [2.75, 3.05) is 46.4 Å². The van der Waals surface area contributed by atoms with E-state index in [4.69, 9.17) is 9.15 Å². The second kappa shape index (κ2) is 12.6. The van der Waals surface area contributed by atoms with Crippen LogP contribution in [-0.2, 0) is 11.2 Å². The van der Waals surface area contributed by atoms with Crippen LogP contribution in [0.15, 0.2) is 39.1 Å². The van der Waals surface area contributed by atoms with Crippen LogP contribution in [0.2, 0.25) is 0 Å². The molecule has 0 aromatic carbocycles. The highest BCUT2D eigenvalue weighted by Crippen LogP contribution is 2.23. The molecule has 3 rings (SSSR count). The molecule has 1 saturated heterocycles. The fraction of sp³-hybridized carbons (Fsp3) is 0.571. The van der Waals surface area contributed by atoms with E-state index in [1.165, 1.54) is 4.88 Å². The number of guanidine groups is 1. The molecule has 1 fully saturated rings. The third-order valence-corrected chi connectivity index (χ3v) is 5.91. The van der Waals surface area contributed by atoms with Crippen molar-refractivity contribution in [3.8, 4) is 0 Å². The van der Waals surface area contributed by atoms with Gasteiger partial charge in [-0.15, -0.1) is 35.3 Å². The van der Waals surface area contributed by atoms with E-state index in [0.717, 1.165) is 63.3 Å². The Morgan fingerprint density at radius 3 is 2.59 bits per heavy atom. The van der Waals surface area contributed by atoms with Crippen LogP contribution in [0.4, 0.5) is 0 Å². The van der Waals surface area contributed by atoms with Crippen molar-refractivity contribution >= 4 is 41.3 Å². The molecule has 2 aromatic heterocycles. The lowest BCUT2D eigenvalue weighted by Gasteiger charge is -2.33. The lowest BCUT2D eigenvalue weighted by Crippen LogP contribution is -2.46. The average molecular weight is 532 g/mol. The molecule has 1 aliphatic heterocycles. The average Bonchev–Trinajstić information content (AvgIpc) is 3.37. The molecule has 8 heteroatoms. The van der Waals surface area contributed by atoms with Gasteiger partial charge >= 0.3 is 0 Å². The maximum Gasteiger partial charge on any atom is 0.191 e. The lowest BCUT2D eigenvalue weighted by molar-refractivity contribution is 0.0124. The second-order valence-corrected chi connectivity index (χ2v) is 8.37. The Morgan fingerprint density at radius 2 is 1.97 bits per heavy atom. The van der Waals surface area contributed by atoms with E-state index in [9.17, 15) is 0 Å². The molecule has 6 nitrogen and oxygen atoms in total. The molecule has 0 aliphatic carbocycles. The van der Waals surface area contributed by atoms with Crippen molar-refractivity contribution in [2.45, 2.75) is 26.3 Å². The van der Waals surface area contributed by atoms with E-state index in [1.807, 2.05) is 31.4 Å². The minimum Gasteiger partial charge on any atom is -0.465 e. The number of furan rings is 1. The van der Waals surface area contributed by atoms with Gasteiger partial charge in [-0.2, -0.15) is 0 Å². The van der Waals surface area contributed by atoms with Crippen LogP contribution in [0.3, 0.4) is 0 Å². The maximum absolute atomic E-state index is 5.94. The van der Waals surface area contributed by atoms with Gasteiger partial charge in [0.15, 0.2) is 5.96 Å². The molecule has 0 bridgehead atoms. The van der Waals surface area contributed by atoms with Gasteiger partial charge in [0, 0.05) is 38.1 Å². The molecule has 2 atom stereocenters. The van der Waals surface area contributed by atoms with Gasteiger partial charge in [0.1, 0.15) is 11.5 Å². The second-order valence-electron chi connectivity index (χ2n) is 7.34. The van der Waals surface area contributed by atoms with E-state index in [1.54, 1.807) is 0 Å². The number of aryl methyl sites for hydroxylation is 1. The number of hydrogen-bond acceptors (Lipinski definition) is 5. The Hall–Kier alpha value is -1.10. The minimum atomic E-state index is 0. The summed E-state index contributed by atoms with van der Waals surface area (Å²) in [5.74, 6) is 3.31. The van der Waals surface area contributed by atoms with Crippen molar-refractivity contribution in [2.24, 2.45) is 10.9 Å². The summed E-state index contributed by atoms with van der Waals surface area (Å²) in [6.45, 7) is 9.25. The zero-order chi connectivity index (χ0) is 19.8. The van der Waals surface area contributed by atoms with Crippen molar-refractivity contribution in [1.29, 1.82) is 0 Å². The van der Waals surface area contributed by atoms with Crippen LogP contribution in [0.25, 0.3) is 0 Å². The topological polar surface area (TPSA) is 62.0 Å². The number of halogens is 1. The first-order valence-corrected chi connectivity index (χ1v) is 10.9. The van der Waals surface area contributed by atoms with Crippen LogP contribution in [-0.4, -0.2) is 57.3 Å². The van der Waals surface area contributed by atoms with Gasteiger partial charge in [0.05, 0.1) is 19.3 Å². The summed E-state index contributed by atoms with van der Waals surface area (Å²) in [6, 6.07) is 8.59. The highest BCUT2D eigenvalue weighted by Gasteiger charge is 2.25. The van der Waals surface area contributed by atoms with Gasteiger partial charge in [0.2, 0.25) is 0 Å². The van der Waals surface area contributed by atoms with Gasteiger partial charge in [-0.25, -0.2) is 0 Å². The molecule has 0 spiro atoms. The van der Waals surface area contributed by atoms with Crippen molar-refractivity contribution in [3.05, 3.63) is 46.0 Å². The SMILES string of the molecule is CN=C(NCC(C)Cc1cccs1)NCC(c1ccc(C)o1)N1CCOCC1.I. The Bertz CT molecular complexity index is 729. The summed E-state index contributed by atoms with van der Waals surface area (Å²) >= 11 is 1.82. The molecule has 1 aliphatic rings. The number of morpholine rings is 1. The summed E-state index contributed by atoms with van der Waals surface area (Å²) < 4.78 is 11.5. The quantitative estimate of drug-likeness (QED) is 0.309. The molecular formula is C21H33IN4O2S. The summed E-state index contributed by atoms with van der Waals surface area (Å²) in [5.41, 5.74) is 0. The van der Waals surface area contributed by atoms with Crippen molar-refractivity contribution in [1.82, 2.24) is 15.5 Å². The number of nitrogens with one attached hydrogen (secondary N) is 2. The summed E-state index contributed by atoms with van der Waals surface area (Å²) in [7, 11) is 1.82. The highest BCUT2D eigenvalue weighted by atomic mass is 127. The molecular weight excluding hydrogens is 499 g/mol. The van der Waals surface area contributed by atoms with Gasteiger partial charge in [-0.1, -0.05) is 13.0 Å². The molecule has 0 amide bonds. The Labute approximate surface area is 195 Å². The van der Waals surface area contributed by atoms with Crippen LogP contribution in [0.5, 0.6) is 0 Å². The highest BCUT2D eigenvalue weighted by molar-refractivity contribution is 14.0. The predicted octanol–water partition coefficient (Wildman–Crippen LogP) is 3.68. The molecule has 2 N–H and O–H groups in total. The van der Waals surface area contributed by atoms with Crippen LogP contribution >= 0.6 is 35.3 Å². The standard InChI is InChI=1S/C21H32N4O2S.HI/c1-16(13-18-5-4-12-28-18)14-23-21(22-3)24-15-19(20-7-6-17(2)27-20)25-8-10-26-11-9-25;/h4-7,12,16,19H,8-11,13-15H2,1-3H3,(H2,22,23,24);1H. The molecule has 29 heavy (non-hydrogen) atoms.